The van der Waals surface area contributed by atoms with Crippen molar-refractivity contribution < 1.29 is 9.53 Å². The van der Waals surface area contributed by atoms with E-state index in [9.17, 15) is 4.79 Å². The van der Waals surface area contributed by atoms with Crippen molar-refractivity contribution >= 4 is 5.91 Å². The molecule has 8 heteroatoms. The van der Waals surface area contributed by atoms with Gasteiger partial charge in [0.15, 0.2) is 5.82 Å². The lowest BCUT2D eigenvalue weighted by molar-refractivity contribution is -0.136. The summed E-state index contributed by atoms with van der Waals surface area (Å²) in [6, 6.07) is 10.3. The van der Waals surface area contributed by atoms with Crippen molar-refractivity contribution in [1.29, 1.82) is 0 Å². The van der Waals surface area contributed by atoms with Crippen LogP contribution in [0.1, 0.15) is 49.5 Å². The molecule has 1 aliphatic heterocycles. The molecule has 1 aromatic heterocycles. The van der Waals surface area contributed by atoms with Crippen molar-refractivity contribution in [3.05, 3.63) is 41.7 Å². The summed E-state index contributed by atoms with van der Waals surface area (Å²) < 4.78 is 7.69. The van der Waals surface area contributed by atoms with Gasteiger partial charge in [-0.1, -0.05) is 43.2 Å². The minimum absolute atomic E-state index is 0.0181. The molecule has 0 N–H and O–H groups in total. The molecule has 2 aliphatic rings. The minimum atomic E-state index is -0.360. The zero-order chi connectivity index (χ0) is 20.3. The van der Waals surface area contributed by atoms with E-state index >= 15 is 0 Å². The van der Waals surface area contributed by atoms with Gasteiger partial charge < -0.3 is 9.64 Å². The molecule has 2 aromatic rings. The molecule has 1 unspecified atom stereocenters. The Kier molecular flexibility index (Phi) is 5.91. The van der Waals surface area contributed by atoms with Gasteiger partial charge in [0.2, 0.25) is 5.91 Å². The van der Waals surface area contributed by atoms with Gasteiger partial charge in [0.1, 0.15) is 12.1 Å². The standard InChI is InChI=1S/C21H30N6O2/c1-25(2)21(20-22-23-24-27(20)18-10-6-7-11-18)12-13-26(16-21)19(28)15-29-14-17-8-4-3-5-9-17/h3-5,8-9,18H,6-7,10-16H2,1-2H3. The highest BCUT2D eigenvalue weighted by Gasteiger charge is 2.47. The highest BCUT2D eigenvalue weighted by Crippen LogP contribution is 2.38. The number of nitrogens with zero attached hydrogens (tertiary/aromatic N) is 6. The molecule has 1 amide bonds. The normalized spacial score (nSPS) is 22.7. The van der Waals surface area contributed by atoms with E-state index in [0.717, 1.165) is 30.7 Å². The van der Waals surface area contributed by atoms with Gasteiger partial charge in [-0.2, -0.15) is 0 Å². The van der Waals surface area contributed by atoms with E-state index in [2.05, 4.69) is 20.4 Å². The third-order valence-electron chi connectivity index (χ3n) is 6.37. The number of rotatable bonds is 7. The molecule has 1 saturated heterocycles. The number of aromatic nitrogens is 4. The van der Waals surface area contributed by atoms with E-state index in [1.807, 2.05) is 54.0 Å². The largest absolute Gasteiger partial charge is 0.367 e. The van der Waals surface area contributed by atoms with Crippen LogP contribution in [0.3, 0.4) is 0 Å². The van der Waals surface area contributed by atoms with E-state index in [1.165, 1.54) is 12.8 Å². The van der Waals surface area contributed by atoms with Crippen LogP contribution in [0.25, 0.3) is 0 Å². The van der Waals surface area contributed by atoms with Gasteiger partial charge in [-0.15, -0.1) is 5.10 Å². The Labute approximate surface area is 171 Å². The van der Waals surface area contributed by atoms with Crippen LogP contribution >= 0.6 is 0 Å². The third kappa shape index (κ3) is 4.04. The van der Waals surface area contributed by atoms with Crippen LogP contribution in [-0.2, 0) is 21.7 Å². The Hall–Kier alpha value is -2.32. The monoisotopic (exact) mass is 398 g/mol. The number of amides is 1. The average molecular weight is 399 g/mol. The van der Waals surface area contributed by atoms with E-state index in [-0.39, 0.29) is 18.1 Å². The average Bonchev–Trinajstić information content (AvgIpc) is 3.48. The van der Waals surface area contributed by atoms with Crippen molar-refractivity contribution in [3.8, 4) is 0 Å². The SMILES string of the molecule is CN(C)C1(c2nnnn2C2CCCC2)CCN(C(=O)COCc2ccccc2)C1. The molecular weight excluding hydrogens is 368 g/mol. The van der Waals surface area contributed by atoms with Crippen LogP contribution < -0.4 is 0 Å². The molecule has 2 heterocycles. The maximum Gasteiger partial charge on any atom is 0.248 e. The maximum absolute atomic E-state index is 12.8. The summed E-state index contributed by atoms with van der Waals surface area (Å²) in [7, 11) is 4.10. The van der Waals surface area contributed by atoms with Crippen LogP contribution in [0.4, 0.5) is 0 Å². The molecule has 0 radical (unpaired) electrons. The van der Waals surface area contributed by atoms with Gasteiger partial charge in [0.25, 0.3) is 0 Å². The van der Waals surface area contributed by atoms with Crippen LogP contribution in [0, 0.1) is 0 Å². The summed E-state index contributed by atoms with van der Waals surface area (Å²) in [6.07, 6.45) is 5.51. The van der Waals surface area contributed by atoms with E-state index in [1.54, 1.807) is 0 Å². The predicted molar refractivity (Wildman–Crippen MR) is 108 cm³/mol. The van der Waals surface area contributed by atoms with Gasteiger partial charge in [0, 0.05) is 13.1 Å². The van der Waals surface area contributed by atoms with Crippen molar-refractivity contribution in [3.63, 3.8) is 0 Å². The summed E-state index contributed by atoms with van der Waals surface area (Å²) in [5.41, 5.74) is 0.710. The number of hydrogen-bond acceptors (Lipinski definition) is 6. The van der Waals surface area contributed by atoms with Crippen LogP contribution in [0.15, 0.2) is 30.3 Å². The van der Waals surface area contributed by atoms with Crippen LogP contribution in [-0.4, -0.2) is 69.7 Å². The quantitative estimate of drug-likeness (QED) is 0.710. The van der Waals surface area contributed by atoms with Gasteiger partial charge >= 0.3 is 0 Å². The van der Waals surface area contributed by atoms with Gasteiger partial charge in [0.05, 0.1) is 12.6 Å². The van der Waals surface area contributed by atoms with Gasteiger partial charge in [-0.3, -0.25) is 9.69 Å². The van der Waals surface area contributed by atoms with Crippen molar-refractivity contribution in [1.82, 2.24) is 30.0 Å². The molecule has 0 bridgehead atoms. The molecule has 29 heavy (non-hydrogen) atoms. The second-order valence-electron chi connectivity index (χ2n) is 8.36. The molecular formula is C21H30N6O2. The molecule has 2 fully saturated rings. The molecule has 156 valence electrons. The first-order chi connectivity index (χ1) is 14.1. The number of ether oxygens (including phenoxy) is 1. The zero-order valence-electron chi connectivity index (χ0n) is 17.3. The Morgan fingerprint density at radius 1 is 1.24 bits per heavy atom. The number of likely N-dealkylation sites (N-methyl/N-ethyl adjacent to an activating group) is 1. The van der Waals surface area contributed by atoms with Crippen LogP contribution in [0.5, 0.6) is 0 Å². The predicted octanol–water partition coefficient (Wildman–Crippen LogP) is 1.99. The highest BCUT2D eigenvalue weighted by atomic mass is 16.5. The minimum Gasteiger partial charge on any atom is -0.367 e. The zero-order valence-corrected chi connectivity index (χ0v) is 17.3. The number of carbonyl (C=O) groups is 1. The molecule has 1 aromatic carbocycles. The van der Waals surface area contributed by atoms with Gasteiger partial charge in [-0.25, -0.2) is 4.68 Å². The summed E-state index contributed by atoms with van der Waals surface area (Å²) in [4.78, 5) is 16.8. The van der Waals surface area contributed by atoms with E-state index in [4.69, 9.17) is 4.74 Å². The third-order valence-corrected chi connectivity index (χ3v) is 6.37. The fourth-order valence-corrected chi connectivity index (χ4v) is 4.57. The van der Waals surface area contributed by atoms with Crippen molar-refractivity contribution in [2.45, 2.75) is 50.3 Å². The smallest absolute Gasteiger partial charge is 0.248 e. The molecule has 1 saturated carbocycles. The summed E-state index contributed by atoms with van der Waals surface area (Å²) in [6.45, 7) is 1.80. The lowest BCUT2D eigenvalue weighted by Crippen LogP contribution is -2.47. The molecule has 1 aliphatic carbocycles. The first-order valence-electron chi connectivity index (χ1n) is 10.5. The van der Waals surface area contributed by atoms with Crippen molar-refractivity contribution in [2.75, 3.05) is 33.8 Å². The highest BCUT2D eigenvalue weighted by molar-refractivity contribution is 5.78. The summed E-state index contributed by atoms with van der Waals surface area (Å²) >= 11 is 0. The molecule has 8 nitrogen and oxygen atoms in total. The number of hydrogen-bond donors (Lipinski definition) is 0. The van der Waals surface area contributed by atoms with Crippen molar-refractivity contribution in [2.24, 2.45) is 0 Å². The Balaban J connectivity index is 1.43. The molecule has 4 rings (SSSR count). The summed E-state index contributed by atoms with van der Waals surface area (Å²) in [5, 5.41) is 12.7. The van der Waals surface area contributed by atoms with E-state index < -0.39 is 0 Å². The second-order valence-corrected chi connectivity index (χ2v) is 8.36. The Morgan fingerprint density at radius 3 is 2.72 bits per heavy atom. The molecule has 0 spiro atoms. The van der Waals surface area contributed by atoms with Gasteiger partial charge in [-0.05, 0) is 49.3 Å². The summed E-state index contributed by atoms with van der Waals surface area (Å²) in [5.74, 6) is 0.902. The van der Waals surface area contributed by atoms with Crippen LogP contribution in [0.2, 0.25) is 0 Å². The number of likely N-dealkylation sites (tertiary alicyclic amines) is 1. The number of tetrazole rings is 1. The first-order valence-corrected chi connectivity index (χ1v) is 10.5. The second kappa shape index (κ2) is 8.59. The molecule has 1 atom stereocenters. The Bertz CT molecular complexity index is 818. The topological polar surface area (TPSA) is 76.4 Å². The lowest BCUT2D eigenvalue weighted by Gasteiger charge is -2.35. The lowest BCUT2D eigenvalue weighted by atomic mass is 9.95. The number of benzene rings is 1. The fourth-order valence-electron chi connectivity index (χ4n) is 4.57. The van der Waals surface area contributed by atoms with E-state index in [0.29, 0.717) is 25.7 Å². The first kappa shape index (κ1) is 20.0. The Morgan fingerprint density at radius 2 is 2.00 bits per heavy atom. The maximum atomic E-state index is 12.8. The number of carbonyl (C=O) groups excluding carboxylic acids is 1. The fraction of sp³-hybridized carbons (Fsp3) is 0.619.